The molecule has 0 aliphatic carbocycles. The molecular formula is C27H33N7O3. The van der Waals surface area contributed by atoms with Gasteiger partial charge in [-0.2, -0.15) is 0 Å². The van der Waals surface area contributed by atoms with Gasteiger partial charge < -0.3 is 19.4 Å². The van der Waals surface area contributed by atoms with Crippen molar-refractivity contribution in [3.8, 4) is 11.5 Å². The number of fused-ring (bicyclic) bond motifs is 1. The van der Waals surface area contributed by atoms with Crippen molar-refractivity contribution in [3.63, 3.8) is 0 Å². The van der Waals surface area contributed by atoms with E-state index < -0.39 is 6.04 Å². The van der Waals surface area contributed by atoms with E-state index in [1.807, 2.05) is 22.9 Å². The second-order valence-electron chi connectivity index (χ2n) is 10.2. The lowest BCUT2D eigenvalue weighted by molar-refractivity contribution is 0.190. The fraction of sp³-hybridized carbons (Fsp3) is 0.407. The van der Waals surface area contributed by atoms with Gasteiger partial charge in [0.25, 0.3) is 5.56 Å². The Morgan fingerprint density at radius 2 is 1.62 bits per heavy atom. The highest BCUT2D eigenvalue weighted by atomic mass is 16.5. The number of ether oxygens (including phenoxy) is 2. The molecule has 194 valence electrons. The number of hydrogen-bond donors (Lipinski definition) is 1. The van der Waals surface area contributed by atoms with E-state index >= 15 is 0 Å². The van der Waals surface area contributed by atoms with Gasteiger partial charge in [-0.3, -0.25) is 9.69 Å². The monoisotopic (exact) mass is 503 g/mol. The molecule has 10 nitrogen and oxygen atoms in total. The third kappa shape index (κ3) is 4.76. The van der Waals surface area contributed by atoms with Crippen LogP contribution in [0, 0.1) is 0 Å². The first-order valence-electron chi connectivity index (χ1n) is 12.4. The van der Waals surface area contributed by atoms with Gasteiger partial charge in [-0.05, 0) is 55.5 Å². The molecule has 5 rings (SSSR count). The Morgan fingerprint density at radius 1 is 0.946 bits per heavy atom. The first kappa shape index (κ1) is 24.8. The molecule has 0 radical (unpaired) electrons. The van der Waals surface area contributed by atoms with Crippen molar-refractivity contribution in [1.82, 2.24) is 30.1 Å². The quantitative estimate of drug-likeness (QED) is 0.428. The lowest BCUT2D eigenvalue weighted by Crippen LogP contribution is -2.49. The zero-order valence-electron chi connectivity index (χ0n) is 21.9. The van der Waals surface area contributed by atoms with Crippen LogP contribution in [0.3, 0.4) is 0 Å². The number of aromatic nitrogens is 5. The summed E-state index contributed by atoms with van der Waals surface area (Å²) in [5.41, 5.74) is 1.92. The first-order chi connectivity index (χ1) is 17.8. The maximum absolute atomic E-state index is 13.6. The number of methoxy groups -OCH3 is 2. The van der Waals surface area contributed by atoms with Gasteiger partial charge in [-0.15, -0.1) is 5.10 Å². The van der Waals surface area contributed by atoms with Gasteiger partial charge in [-0.1, -0.05) is 18.2 Å². The maximum Gasteiger partial charge on any atom is 0.253 e. The summed E-state index contributed by atoms with van der Waals surface area (Å²) >= 11 is 0. The van der Waals surface area contributed by atoms with E-state index in [9.17, 15) is 4.79 Å². The standard InChI is InChI=1S/C27H33N7O3/c1-27(2,3)34-25(29-30-31-34)24(33-13-11-32(12-14-33)19-9-7-6-8-10-19)20-15-18-16-22(36-4)23(37-5)17-21(18)28-26(20)35/h6-10,15-17,24H,11-14H2,1-5H3,(H,28,35). The molecule has 4 aromatic rings. The van der Waals surface area contributed by atoms with E-state index in [1.54, 1.807) is 20.3 Å². The molecule has 0 saturated carbocycles. The van der Waals surface area contributed by atoms with Crippen molar-refractivity contribution in [3.05, 3.63) is 70.3 Å². The zero-order chi connectivity index (χ0) is 26.2. The number of H-pyrrole nitrogens is 1. The van der Waals surface area contributed by atoms with Crippen molar-refractivity contribution < 1.29 is 9.47 Å². The Morgan fingerprint density at radius 3 is 2.27 bits per heavy atom. The van der Waals surface area contributed by atoms with Crippen LogP contribution < -0.4 is 19.9 Å². The smallest absolute Gasteiger partial charge is 0.253 e. The molecule has 1 fully saturated rings. The predicted molar refractivity (Wildman–Crippen MR) is 143 cm³/mol. The van der Waals surface area contributed by atoms with E-state index in [1.165, 1.54) is 5.69 Å². The second kappa shape index (κ2) is 9.85. The van der Waals surface area contributed by atoms with E-state index in [2.05, 4.69) is 75.3 Å². The normalized spacial score (nSPS) is 15.6. The van der Waals surface area contributed by atoms with Crippen LogP contribution in [0.5, 0.6) is 11.5 Å². The fourth-order valence-corrected chi connectivity index (χ4v) is 4.97. The third-order valence-electron chi connectivity index (χ3n) is 6.85. The lowest BCUT2D eigenvalue weighted by atomic mass is 10.0. The number of nitrogens with one attached hydrogen (secondary N) is 1. The number of benzene rings is 2. The second-order valence-corrected chi connectivity index (χ2v) is 10.2. The minimum atomic E-state index is -0.423. The van der Waals surface area contributed by atoms with Gasteiger partial charge in [0.1, 0.15) is 6.04 Å². The Bertz CT molecular complexity index is 1430. The molecular weight excluding hydrogens is 470 g/mol. The molecule has 0 bridgehead atoms. The summed E-state index contributed by atoms with van der Waals surface area (Å²) in [6.07, 6.45) is 0. The molecule has 1 N–H and O–H groups in total. The summed E-state index contributed by atoms with van der Waals surface area (Å²) in [5.74, 6) is 1.80. The van der Waals surface area contributed by atoms with Crippen LogP contribution in [0.25, 0.3) is 10.9 Å². The van der Waals surface area contributed by atoms with Crippen LogP contribution in [0.4, 0.5) is 5.69 Å². The van der Waals surface area contributed by atoms with Gasteiger partial charge in [0.2, 0.25) is 0 Å². The van der Waals surface area contributed by atoms with Crippen molar-refractivity contribution in [2.45, 2.75) is 32.4 Å². The SMILES string of the molecule is COc1cc2cc(C(c3nnnn3C(C)(C)C)N3CCN(c4ccccc4)CC3)c(=O)[nH]c2cc1OC. The van der Waals surface area contributed by atoms with E-state index in [0.717, 1.165) is 31.6 Å². The molecule has 2 aromatic heterocycles. The number of tetrazole rings is 1. The number of para-hydroxylation sites is 1. The highest BCUT2D eigenvalue weighted by molar-refractivity contribution is 5.83. The summed E-state index contributed by atoms with van der Waals surface area (Å²) in [5, 5.41) is 13.6. The molecule has 1 unspecified atom stereocenters. The van der Waals surface area contributed by atoms with Crippen LogP contribution in [-0.4, -0.2) is 70.5 Å². The molecule has 37 heavy (non-hydrogen) atoms. The average molecular weight is 504 g/mol. The molecule has 3 heterocycles. The van der Waals surface area contributed by atoms with Crippen LogP contribution >= 0.6 is 0 Å². The molecule has 10 heteroatoms. The number of piperazine rings is 1. The number of aromatic amines is 1. The topological polar surface area (TPSA) is 101 Å². The predicted octanol–water partition coefficient (Wildman–Crippen LogP) is 3.20. The highest BCUT2D eigenvalue weighted by Gasteiger charge is 2.35. The molecule has 2 aromatic carbocycles. The minimum absolute atomic E-state index is 0.182. The summed E-state index contributed by atoms with van der Waals surface area (Å²) < 4.78 is 12.8. The molecule has 1 saturated heterocycles. The van der Waals surface area contributed by atoms with Crippen molar-refractivity contribution >= 4 is 16.6 Å². The summed E-state index contributed by atoms with van der Waals surface area (Å²) in [7, 11) is 3.18. The van der Waals surface area contributed by atoms with Crippen LogP contribution in [0.1, 0.15) is 38.2 Å². The van der Waals surface area contributed by atoms with Gasteiger partial charge in [0.05, 0.1) is 25.3 Å². The van der Waals surface area contributed by atoms with Crippen LogP contribution in [0.15, 0.2) is 53.3 Å². The van der Waals surface area contributed by atoms with E-state index in [0.29, 0.717) is 28.4 Å². The number of hydrogen-bond acceptors (Lipinski definition) is 8. The van der Waals surface area contributed by atoms with Gasteiger partial charge in [0, 0.05) is 48.9 Å². The summed E-state index contributed by atoms with van der Waals surface area (Å²) in [6, 6.07) is 15.6. The van der Waals surface area contributed by atoms with Crippen molar-refractivity contribution in [2.24, 2.45) is 0 Å². The van der Waals surface area contributed by atoms with Crippen LogP contribution in [-0.2, 0) is 5.54 Å². The van der Waals surface area contributed by atoms with Gasteiger partial charge in [-0.25, -0.2) is 4.68 Å². The average Bonchev–Trinajstić information content (AvgIpc) is 3.40. The Kier molecular flexibility index (Phi) is 6.59. The number of nitrogens with zero attached hydrogens (tertiary/aromatic N) is 6. The molecule has 0 amide bonds. The molecule has 1 atom stereocenters. The lowest BCUT2D eigenvalue weighted by Gasteiger charge is -2.40. The molecule has 1 aliphatic rings. The van der Waals surface area contributed by atoms with Crippen molar-refractivity contribution in [1.29, 1.82) is 0 Å². The van der Waals surface area contributed by atoms with Crippen molar-refractivity contribution in [2.75, 3.05) is 45.3 Å². The van der Waals surface area contributed by atoms with E-state index in [4.69, 9.17) is 9.47 Å². The largest absolute Gasteiger partial charge is 0.493 e. The summed E-state index contributed by atoms with van der Waals surface area (Å²) in [4.78, 5) is 21.3. The number of pyridine rings is 1. The Hall–Kier alpha value is -3.92. The van der Waals surface area contributed by atoms with E-state index in [-0.39, 0.29) is 11.1 Å². The minimum Gasteiger partial charge on any atom is -0.493 e. The zero-order valence-corrected chi connectivity index (χ0v) is 21.9. The number of anilines is 1. The van der Waals surface area contributed by atoms with Crippen LogP contribution in [0.2, 0.25) is 0 Å². The molecule has 0 spiro atoms. The maximum atomic E-state index is 13.6. The third-order valence-corrected chi connectivity index (χ3v) is 6.85. The fourth-order valence-electron chi connectivity index (χ4n) is 4.97. The Balaban J connectivity index is 1.59. The molecule has 1 aliphatic heterocycles. The number of rotatable bonds is 6. The van der Waals surface area contributed by atoms with Gasteiger partial charge >= 0.3 is 0 Å². The Labute approximate surface area is 215 Å². The summed E-state index contributed by atoms with van der Waals surface area (Å²) in [6.45, 7) is 9.32. The first-order valence-corrected chi connectivity index (χ1v) is 12.4. The van der Waals surface area contributed by atoms with Gasteiger partial charge in [0.15, 0.2) is 17.3 Å². The highest BCUT2D eigenvalue weighted by Crippen LogP contribution is 2.34.